The number of carbonyl (C=O) groups is 1. The number of nitrogens with zero attached hydrogens (tertiary/aromatic N) is 1. The highest BCUT2D eigenvalue weighted by Gasteiger charge is 2.56. The molecule has 2 unspecified atom stereocenters. The number of hydrogen-bond donors (Lipinski definition) is 2. The minimum atomic E-state index is -0.456. The number of piperidine rings is 1. The molecule has 1 amide bonds. The van der Waals surface area contributed by atoms with Gasteiger partial charge in [0, 0.05) is 26.2 Å². The van der Waals surface area contributed by atoms with Crippen molar-refractivity contribution in [2.75, 3.05) is 32.8 Å². The second kappa shape index (κ2) is 6.75. The Balaban J connectivity index is 1.93. The molecule has 2 N–H and O–H groups in total. The molecule has 1 saturated heterocycles. The molecule has 1 spiro atoms. The molecule has 22 heavy (non-hydrogen) atoms. The number of ether oxygens (including phenoxy) is 1. The molecule has 5 nitrogen and oxygen atoms in total. The highest BCUT2D eigenvalue weighted by molar-refractivity contribution is 5.67. The Labute approximate surface area is 134 Å². The highest BCUT2D eigenvalue weighted by Crippen LogP contribution is 2.60. The fraction of sp³-hybridized carbons (Fsp3) is 0.941. The monoisotopic (exact) mass is 312 g/mol. The Morgan fingerprint density at radius 2 is 1.95 bits per heavy atom. The summed E-state index contributed by atoms with van der Waals surface area (Å²) in [6.45, 7) is 11.6. The molecular formula is C17H32N2O3. The SMILES string of the molecule is CCC1CN(CCO)CC(CNC(=O)OC(C)(C)C)C12CC2. The van der Waals surface area contributed by atoms with Crippen molar-refractivity contribution in [1.29, 1.82) is 0 Å². The van der Waals surface area contributed by atoms with Crippen LogP contribution in [0.4, 0.5) is 4.79 Å². The number of β-amino-alcohol motifs (C(OH)–C–C–N with tert-alkyl or cyclic N) is 1. The van der Waals surface area contributed by atoms with Gasteiger partial charge < -0.3 is 20.1 Å². The van der Waals surface area contributed by atoms with Gasteiger partial charge in [-0.05, 0) is 50.9 Å². The highest BCUT2D eigenvalue weighted by atomic mass is 16.6. The van der Waals surface area contributed by atoms with Gasteiger partial charge in [0.05, 0.1) is 6.61 Å². The molecule has 1 heterocycles. The first-order valence-electron chi connectivity index (χ1n) is 8.61. The molecule has 128 valence electrons. The first-order valence-corrected chi connectivity index (χ1v) is 8.61. The number of likely N-dealkylation sites (tertiary alicyclic amines) is 1. The lowest BCUT2D eigenvalue weighted by atomic mass is 9.73. The summed E-state index contributed by atoms with van der Waals surface area (Å²) >= 11 is 0. The second-order valence-electron chi connectivity index (χ2n) is 7.90. The maximum absolute atomic E-state index is 11.9. The van der Waals surface area contributed by atoms with Crippen LogP contribution in [-0.2, 0) is 4.74 Å². The van der Waals surface area contributed by atoms with Gasteiger partial charge in [0.15, 0.2) is 0 Å². The van der Waals surface area contributed by atoms with E-state index in [1.165, 1.54) is 19.3 Å². The lowest BCUT2D eigenvalue weighted by Crippen LogP contribution is -2.52. The molecule has 1 saturated carbocycles. The van der Waals surface area contributed by atoms with E-state index in [-0.39, 0.29) is 12.7 Å². The normalized spacial score (nSPS) is 27.7. The smallest absolute Gasteiger partial charge is 0.407 e. The molecule has 2 fully saturated rings. The first-order chi connectivity index (χ1) is 10.3. The molecule has 0 aromatic carbocycles. The molecule has 2 atom stereocenters. The molecule has 0 bridgehead atoms. The molecular weight excluding hydrogens is 280 g/mol. The van der Waals surface area contributed by atoms with Crippen LogP contribution in [0.5, 0.6) is 0 Å². The number of aliphatic hydroxyl groups is 1. The van der Waals surface area contributed by atoms with Gasteiger partial charge in [0.1, 0.15) is 5.60 Å². The Morgan fingerprint density at radius 1 is 1.32 bits per heavy atom. The number of aliphatic hydroxyl groups excluding tert-OH is 1. The van der Waals surface area contributed by atoms with Crippen molar-refractivity contribution in [3.63, 3.8) is 0 Å². The summed E-state index contributed by atoms with van der Waals surface area (Å²) in [4.78, 5) is 14.3. The minimum Gasteiger partial charge on any atom is -0.444 e. The van der Waals surface area contributed by atoms with E-state index in [0.29, 0.717) is 23.8 Å². The van der Waals surface area contributed by atoms with Crippen LogP contribution in [0.3, 0.4) is 0 Å². The van der Waals surface area contributed by atoms with Crippen LogP contribution in [0, 0.1) is 17.3 Å². The number of nitrogens with one attached hydrogen (secondary N) is 1. The van der Waals surface area contributed by atoms with Crippen LogP contribution in [0.25, 0.3) is 0 Å². The van der Waals surface area contributed by atoms with Crippen molar-refractivity contribution in [3.8, 4) is 0 Å². The summed E-state index contributed by atoms with van der Waals surface area (Å²) < 4.78 is 5.34. The predicted molar refractivity (Wildman–Crippen MR) is 86.7 cm³/mol. The lowest BCUT2D eigenvalue weighted by Gasteiger charge is -2.44. The lowest BCUT2D eigenvalue weighted by molar-refractivity contribution is 0.0248. The van der Waals surface area contributed by atoms with Crippen LogP contribution < -0.4 is 5.32 Å². The van der Waals surface area contributed by atoms with E-state index in [1.807, 2.05) is 20.8 Å². The van der Waals surface area contributed by atoms with E-state index >= 15 is 0 Å². The van der Waals surface area contributed by atoms with E-state index in [4.69, 9.17) is 4.74 Å². The van der Waals surface area contributed by atoms with Gasteiger partial charge in [0.2, 0.25) is 0 Å². The number of amides is 1. The van der Waals surface area contributed by atoms with Crippen molar-refractivity contribution in [1.82, 2.24) is 10.2 Å². The molecule has 2 aliphatic rings. The van der Waals surface area contributed by atoms with Gasteiger partial charge in [-0.3, -0.25) is 0 Å². The van der Waals surface area contributed by atoms with Gasteiger partial charge in [-0.25, -0.2) is 4.79 Å². The third-order valence-electron chi connectivity index (χ3n) is 5.21. The predicted octanol–water partition coefficient (Wildman–Crippen LogP) is 2.24. The molecule has 0 radical (unpaired) electrons. The Bertz CT molecular complexity index is 388. The van der Waals surface area contributed by atoms with Crippen LogP contribution in [0.2, 0.25) is 0 Å². The Hall–Kier alpha value is -0.810. The molecule has 0 aromatic rings. The summed E-state index contributed by atoms with van der Waals surface area (Å²) in [6, 6.07) is 0. The standard InChI is InChI=1S/C17H32N2O3/c1-5-13-11-19(8-9-20)12-14(17(13)6-7-17)10-18-15(21)22-16(2,3)4/h13-14,20H,5-12H2,1-4H3,(H,18,21). The third kappa shape index (κ3) is 4.13. The zero-order valence-electron chi connectivity index (χ0n) is 14.5. The van der Waals surface area contributed by atoms with Crippen LogP contribution >= 0.6 is 0 Å². The average molecular weight is 312 g/mol. The summed E-state index contributed by atoms with van der Waals surface area (Å²) in [5.74, 6) is 1.14. The number of rotatable bonds is 5. The van der Waals surface area contributed by atoms with E-state index < -0.39 is 5.60 Å². The minimum absolute atomic E-state index is 0.204. The molecule has 5 heteroatoms. The fourth-order valence-electron chi connectivity index (χ4n) is 4.00. The molecule has 1 aliphatic heterocycles. The van der Waals surface area contributed by atoms with Crippen LogP contribution in [0.1, 0.15) is 47.0 Å². The van der Waals surface area contributed by atoms with Crippen molar-refractivity contribution >= 4 is 6.09 Å². The summed E-state index contributed by atoms with van der Waals surface area (Å²) in [5.41, 5.74) is -0.0431. The fourth-order valence-corrected chi connectivity index (χ4v) is 4.00. The Morgan fingerprint density at radius 3 is 2.45 bits per heavy atom. The van der Waals surface area contributed by atoms with Crippen molar-refractivity contribution in [2.24, 2.45) is 17.3 Å². The number of alkyl carbamates (subject to hydrolysis) is 1. The second-order valence-corrected chi connectivity index (χ2v) is 7.90. The van der Waals surface area contributed by atoms with Gasteiger partial charge in [-0.15, -0.1) is 0 Å². The largest absolute Gasteiger partial charge is 0.444 e. The number of hydrogen-bond acceptors (Lipinski definition) is 4. The van der Waals surface area contributed by atoms with Crippen molar-refractivity contribution in [3.05, 3.63) is 0 Å². The van der Waals surface area contributed by atoms with Gasteiger partial charge in [-0.2, -0.15) is 0 Å². The van der Waals surface area contributed by atoms with Crippen molar-refractivity contribution < 1.29 is 14.6 Å². The molecule has 0 aromatic heterocycles. The number of carbonyl (C=O) groups excluding carboxylic acids is 1. The van der Waals surface area contributed by atoms with E-state index in [9.17, 15) is 9.90 Å². The molecule has 1 aliphatic carbocycles. The average Bonchev–Trinajstić information content (AvgIpc) is 3.19. The zero-order valence-corrected chi connectivity index (χ0v) is 14.5. The van der Waals surface area contributed by atoms with Crippen LogP contribution in [0.15, 0.2) is 0 Å². The maximum atomic E-state index is 11.9. The maximum Gasteiger partial charge on any atom is 0.407 e. The summed E-state index contributed by atoms with van der Waals surface area (Å²) in [5, 5.41) is 12.2. The Kier molecular flexibility index (Phi) is 5.38. The van der Waals surface area contributed by atoms with E-state index in [0.717, 1.165) is 19.6 Å². The topological polar surface area (TPSA) is 61.8 Å². The third-order valence-corrected chi connectivity index (χ3v) is 5.21. The summed E-state index contributed by atoms with van der Waals surface area (Å²) in [7, 11) is 0. The van der Waals surface area contributed by atoms with Crippen LogP contribution in [-0.4, -0.2) is 54.5 Å². The van der Waals surface area contributed by atoms with E-state index in [2.05, 4.69) is 17.1 Å². The molecule has 2 rings (SSSR count). The van der Waals surface area contributed by atoms with E-state index in [1.54, 1.807) is 0 Å². The van der Waals surface area contributed by atoms with Gasteiger partial charge >= 0.3 is 6.09 Å². The zero-order chi connectivity index (χ0) is 16.4. The first kappa shape index (κ1) is 17.5. The quantitative estimate of drug-likeness (QED) is 0.817. The summed E-state index contributed by atoms with van der Waals surface area (Å²) in [6.07, 6.45) is 3.40. The van der Waals surface area contributed by atoms with Gasteiger partial charge in [0.25, 0.3) is 0 Å². The van der Waals surface area contributed by atoms with Crippen molar-refractivity contribution in [2.45, 2.75) is 52.6 Å². The van der Waals surface area contributed by atoms with Gasteiger partial charge in [-0.1, -0.05) is 13.3 Å².